The number of carbonyl (C=O) groups is 1. The zero-order chi connectivity index (χ0) is 12.3. The number of pyridine rings is 1. The number of aromatic nitrogens is 1. The number of aliphatic carboxylic acids is 1. The van der Waals surface area contributed by atoms with E-state index in [1.165, 1.54) is 5.56 Å². The maximum atomic E-state index is 10.9. The zero-order valence-electron chi connectivity index (χ0n) is 10.0. The molecule has 0 bridgehead atoms. The molecule has 2 unspecified atom stereocenters. The van der Waals surface area contributed by atoms with Crippen molar-refractivity contribution in [1.82, 2.24) is 10.3 Å². The number of nitrogens with zero attached hydrogens (tertiary/aromatic N) is 1. The smallest absolute Gasteiger partial charge is 0.308 e. The maximum Gasteiger partial charge on any atom is 0.308 e. The number of hydrogen-bond donors (Lipinski definition) is 2. The third kappa shape index (κ3) is 2.64. The van der Waals surface area contributed by atoms with Gasteiger partial charge in [0.2, 0.25) is 0 Å². The number of aryl methyl sites for hydroxylation is 1. The molecule has 17 heavy (non-hydrogen) atoms. The minimum Gasteiger partial charge on any atom is -0.481 e. The second-order valence-electron chi connectivity index (χ2n) is 4.47. The molecule has 1 aliphatic carbocycles. The van der Waals surface area contributed by atoms with E-state index < -0.39 is 5.97 Å². The van der Waals surface area contributed by atoms with Crippen molar-refractivity contribution in [2.24, 2.45) is 5.92 Å². The second-order valence-corrected chi connectivity index (χ2v) is 4.47. The van der Waals surface area contributed by atoms with Gasteiger partial charge in [0.05, 0.1) is 11.6 Å². The normalized spacial score (nSPS) is 23.1. The fourth-order valence-corrected chi connectivity index (χ4v) is 2.22. The molecule has 4 heteroatoms. The van der Waals surface area contributed by atoms with E-state index in [0.717, 1.165) is 25.0 Å². The fourth-order valence-electron chi connectivity index (χ4n) is 2.22. The summed E-state index contributed by atoms with van der Waals surface area (Å²) in [5.41, 5.74) is 2.26. The maximum absolute atomic E-state index is 10.9. The van der Waals surface area contributed by atoms with Gasteiger partial charge in [-0.2, -0.15) is 0 Å². The number of hydrogen-bond acceptors (Lipinski definition) is 3. The minimum absolute atomic E-state index is 0.110. The van der Waals surface area contributed by atoms with E-state index in [1.807, 2.05) is 6.07 Å². The molecule has 1 aliphatic rings. The lowest BCUT2D eigenvalue weighted by Gasteiger charge is -2.34. The largest absolute Gasteiger partial charge is 0.481 e. The summed E-state index contributed by atoms with van der Waals surface area (Å²) in [6.07, 6.45) is 4.48. The Hall–Kier alpha value is -1.42. The Morgan fingerprint density at radius 2 is 2.41 bits per heavy atom. The van der Waals surface area contributed by atoms with Crippen LogP contribution in [0.15, 0.2) is 18.3 Å². The molecule has 2 atom stereocenters. The van der Waals surface area contributed by atoms with Crippen LogP contribution in [0.5, 0.6) is 0 Å². The Labute approximate surface area is 101 Å². The third-order valence-corrected chi connectivity index (χ3v) is 3.49. The van der Waals surface area contributed by atoms with Crippen LogP contribution in [0.3, 0.4) is 0 Å². The van der Waals surface area contributed by atoms with Crippen LogP contribution in [0.4, 0.5) is 0 Å². The Balaban J connectivity index is 1.92. The summed E-state index contributed by atoms with van der Waals surface area (Å²) in [6, 6.07) is 4.12. The highest BCUT2D eigenvalue weighted by atomic mass is 16.4. The van der Waals surface area contributed by atoms with Crippen LogP contribution >= 0.6 is 0 Å². The molecule has 0 saturated heterocycles. The van der Waals surface area contributed by atoms with Gasteiger partial charge in [-0.1, -0.05) is 13.0 Å². The lowest BCUT2D eigenvalue weighted by atomic mass is 9.79. The van der Waals surface area contributed by atoms with Crippen molar-refractivity contribution in [1.29, 1.82) is 0 Å². The Kier molecular flexibility index (Phi) is 3.74. The van der Waals surface area contributed by atoms with Crippen molar-refractivity contribution < 1.29 is 9.90 Å². The summed E-state index contributed by atoms with van der Waals surface area (Å²) in [6.45, 7) is 2.77. The van der Waals surface area contributed by atoms with Crippen LogP contribution in [0.2, 0.25) is 0 Å². The molecule has 1 fully saturated rings. The van der Waals surface area contributed by atoms with Crippen molar-refractivity contribution in [3.63, 3.8) is 0 Å². The van der Waals surface area contributed by atoms with Crippen LogP contribution in [-0.4, -0.2) is 22.1 Å². The fraction of sp³-hybridized carbons (Fsp3) is 0.538. The molecule has 0 aromatic carbocycles. The average molecular weight is 234 g/mol. The van der Waals surface area contributed by atoms with Crippen LogP contribution in [0.25, 0.3) is 0 Å². The van der Waals surface area contributed by atoms with E-state index in [-0.39, 0.29) is 12.0 Å². The molecule has 0 radical (unpaired) electrons. The molecule has 4 nitrogen and oxygen atoms in total. The molecular weight excluding hydrogens is 216 g/mol. The Bertz CT molecular complexity index is 406. The lowest BCUT2D eigenvalue weighted by Crippen LogP contribution is -2.47. The van der Waals surface area contributed by atoms with Gasteiger partial charge in [-0.05, 0) is 30.9 Å². The molecule has 92 valence electrons. The molecule has 1 aromatic rings. The predicted octanol–water partition coefficient (Wildman–Crippen LogP) is 1.60. The van der Waals surface area contributed by atoms with E-state index >= 15 is 0 Å². The summed E-state index contributed by atoms with van der Waals surface area (Å²) >= 11 is 0. The van der Waals surface area contributed by atoms with E-state index in [2.05, 4.69) is 23.3 Å². The minimum atomic E-state index is -0.689. The van der Waals surface area contributed by atoms with Crippen molar-refractivity contribution in [3.8, 4) is 0 Å². The van der Waals surface area contributed by atoms with Crippen LogP contribution in [0.1, 0.15) is 31.0 Å². The van der Waals surface area contributed by atoms with Gasteiger partial charge < -0.3 is 10.4 Å². The highest BCUT2D eigenvalue weighted by Crippen LogP contribution is 2.27. The lowest BCUT2D eigenvalue weighted by molar-refractivity contribution is -0.146. The van der Waals surface area contributed by atoms with Gasteiger partial charge in [-0.15, -0.1) is 0 Å². The van der Waals surface area contributed by atoms with Gasteiger partial charge in [0.1, 0.15) is 0 Å². The van der Waals surface area contributed by atoms with Crippen molar-refractivity contribution in [2.75, 3.05) is 0 Å². The molecule has 1 saturated carbocycles. The van der Waals surface area contributed by atoms with Gasteiger partial charge in [0.15, 0.2) is 0 Å². The Morgan fingerprint density at radius 3 is 3.00 bits per heavy atom. The summed E-state index contributed by atoms with van der Waals surface area (Å²) in [5, 5.41) is 12.2. The number of rotatable bonds is 5. The molecule has 1 heterocycles. The molecule has 0 spiro atoms. The van der Waals surface area contributed by atoms with Crippen LogP contribution in [-0.2, 0) is 17.8 Å². The number of nitrogens with one attached hydrogen (secondary N) is 1. The van der Waals surface area contributed by atoms with Gasteiger partial charge in [-0.3, -0.25) is 9.78 Å². The van der Waals surface area contributed by atoms with Gasteiger partial charge in [0, 0.05) is 18.8 Å². The molecule has 2 rings (SSSR count). The molecule has 2 N–H and O–H groups in total. The first-order valence-corrected chi connectivity index (χ1v) is 6.11. The highest BCUT2D eigenvalue weighted by molar-refractivity contribution is 5.72. The number of carboxylic acids is 1. The van der Waals surface area contributed by atoms with E-state index in [4.69, 9.17) is 5.11 Å². The van der Waals surface area contributed by atoms with Crippen molar-refractivity contribution in [3.05, 3.63) is 29.6 Å². The standard InChI is InChI=1S/C13H18N2O2/c1-2-9-4-3-7-14-12(9)8-15-11-6-5-10(11)13(16)17/h3-4,7,10-11,15H,2,5-6,8H2,1H3,(H,16,17). The summed E-state index contributed by atoms with van der Waals surface area (Å²) < 4.78 is 0. The summed E-state index contributed by atoms with van der Waals surface area (Å²) in [4.78, 5) is 15.2. The van der Waals surface area contributed by atoms with Crippen molar-refractivity contribution in [2.45, 2.75) is 38.8 Å². The first kappa shape index (κ1) is 12.0. The van der Waals surface area contributed by atoms with Gasteiger partial charge in [0.25, 0.3) is 0 Å². The molecule has 0 amide bonds. The molecule has 0 aliphatic heterocycles. The third-order valence-electron chi connectivity index (χ3n) is 3.49. The van der Waals surface area contributed by atoms with E-state index in [9.17, 15) is 4.79 Å². The van der Waals surface area contributed by atoms with E-state index in [1.54, 1.807) is 6.20 Å². The average Bonchev–Trinajstić information content (AvgIpc) is 2.27. The summed E-state index contributed by atoms with van der Waals surface area (Å²) in [7, 11) is 0. The monoisotopic (exact) mass is 234 g/mol. The quantitative estimate of drug-likeness (QED) is 0.812. The van der Waals surface area contributed by atoms with E-state index in [0.29, 0.717) is 6.54 Å². The highest BCUT2D eigenvalue weighted by Gasteiger charge is 2.36. The second kappa shape index (κ2) is 5.27. The first-order valence-electron chi connectivity index (χ1n) is 6.11. The Morgan fingerprint density at radius 1 is 1.59 bits per heavy atom. The van der Waals surface area contributed by atoms with Crippen LogP contribution in [0, 0.1) is 5.92 Å². The first-order chi connectivity index (χ1) is 8.22. The SMILES string of the molecule is CCc1cccnc1CNC1CCC1C(=O)O. The van der Waals surface area contributed by atoms with Gasteiger partial charge >= 0.3 is 5.97 Å². The molecular formula is C13H18N2O2. The van der Waals surface area contributed by atoms with Gasteiger partial charge in [-0.25, -0.2) is 0 Å². The topological polar surface area (TPSA) is 62.2 Å². The molecule has 1 aromatic heterocycles. The zero-order valence-corrected chi connectivity index (χ0v) is 10.0. The predicted molar refractivity (Wildman–Crippen MR) is 64.6 cm³/mol. The summed E-state index contributed by atoms with van der Waals surface area (Å²) in [5.74, 6) is -0.908. The number of carboxylic acid groups (broad SMARTS) is 1. The van der Waals surface area contributed by atoms with Crippen LogP contribution < -0.4 is 5.32 Å². The van der Waals surface area contributed by atoms with Crippen molar-refractivity contribution >= 4 is 5.97 Å².